The average molecular weight is 199 g/mol. The van der Waals surface area contributed by atoms with E-state index in [1.165, 1.54) is 38.5 Å². The Morgan fingerprint density at radius 3 is 2.57 bits per heavy atom. The molecule has 1 aliphatic carbocycles. The largest absolute Gasteiger partial charge is 0.385 e. The van der Waals surface area contributed by atoms with Crippen LogP contribution in [0.25, 0.3) is 0 Å². The third kappa shape index (κ3) is 3.97. The third-order valence-corrected chi connectivity index (χ3v) is 3.32. The average Bonchev–Trinajstić information content (AvgIpc) is 2.25. The summed E-state index contributed by atoms with van der Waals surface area (Å²) in [6.07, 6.45) is 8.32. The van der Waals surface area contributed by atoms with Crippen LogP contribution in [0.2, 0.25) is 0 Å². The van der Waals surface area contributed by atoms with Gasteiger partial charge < -0.3 is 10.1 Å². The first-order valence-electron chi connectivity index (χ1n) is 6.10. The Hall–Kier alpha value is -0.0800. The molecule has 0 saturated heterocycles. The van der Waals surface area contributed by atoms with Gasteiger partial charge in [0, 0.05) is 19.8 Å². The molecule has 0 aromatic carbocycles. The summed E-state index contributed by atoms with van der Waals surface area (Å²) >= 11 is 0. The Balaban J connectivity index is 2.30. The first-order chi connectivity index (χ1) is 6.88. The first kappa shape index (κ1) is 12.0. The highest BCUT2D eigenvalue weighted by atomic mass is 16.5. The lowest BCUT2D eigenvalue weighted by Crippen LogP contribution is -2.38. The monoisotopic (exact) mass is 199 g/mol. The van der Waals surface area contributed by atoms with Crippen LogP contribution >= 0.6 is 0 Å². The zero-order valence-electron chi connectivity index (χ0n) is 9.72. The van der Waals surface area contributed by atoms with Gasteiger partial charge in [0.2, 0.25) is 0 Å². The first-order valence-corrected chi connectivity index (χ1v) is 6.10. The number of ether oxygens (including phenoxy) is 1. The predicted octanol–water partition coefficient (Wildman–Crippen LogP) is 2.58. The molecule has 2 nitrogen and oxygen atoms in total. The van der Waals surface area contributed by atoms with Crippen molar-refractivity contribution in [2.24, 2.45) is 5.92 Å². The molecule has 1 N–H and O–H groups in total. The molecular weight excluding hydrogens is 174 g/mol. The zero-order chi connectivity index (χ0) is 10.2. The lowest BCUT2D eigenvalue weighted by atomic mass is 9.83. The molecule has 14 heavy (non-hydrogen) atoms. The number of rotatable bonds is 6. The van der Waals surface area contributed by atoms with Gasteiger partial charge in [-0.15, -0.1) is 0 Å². The summed E-state index contributed by atoms with van der Waals surface area (Å²) in [6.45, 7) is 4.18. The third-order valence-electron chi connectivity index (χ3n) is 3.32. The van der Waals surface area contributed by atoms with Gasteiger partial charge in [0.15, 0.2) is 0 Å². The molecule has 0 aromatic rings. The minimum Gasteiger partial charge on any atom is -0.385 e. The van der Waals surface area contributed by atoms with Crippen LogP contribution < -0.4 is 5.32 Å². The Morgan fingerprint density at radius 2 is 2.00 bits per heavy atom. The van der Waals surface area contributed by atoms with Gasteiger partial charge in [-0.1, -0.05) is 26.2 Å². The molecule has 0 bridgehead atoms. The normalized spacial score (nSPS) is 21.0. The molecule has 1 unspecified atom stereocenters. The van der Waals surface area contributed by atoms with Crippen LogP contribution in [0.4, 0.5) is 0 Å². The summed E-state index contributed by atoms with van der Waals surface area (Å²) in [7, 11) is 1.80. The Bertz CT molecular complexity index is 132. The lowest BCUT2D eigenvalue weighted by molar-refractivity contribution is 0.160. The highest BCUT2D eigenvalue weighted by Crippen LogP contribution is 2.27. The van der Waals surface area contributed by atoms with E-state index in [1.54, 1.807) is 7.11 Å². The number of hydrogen-bond donors (Lipinski definition) is 1. The lowest BCUT2D eigenvalue weighted by Gasteiger charge is -2.30. The van der Waals surface area contributed by atoms with Crippen LogP contribution in [0.5, 0.6) is 0 Å². The van der Waals surface area contributed by atoms with Gasteiger partial charge in [-0.25, -0.2) is 0 Å². The molecule has 1 aliphatic rings. The van der Waals surface area contributed by atoms with Crippen molar-refractivity contribution < 1.29 is 4.74 Å². The van der Waals surface area contributed by atoms with E-state index in [0.717, 1.165) is 19.1 Å². The van der Waals surface area contributed by atoms with E-state index >= 15 is 0 Å². The second-order valence-corrected chi connectivity index (χ2v) is 4.34. The molecule has 0 aliphatic heterocycles. The summed E-state index contributed by atoms with van der Waals surface area (Å²) in [4.78, 5) is 0. The summed E-state index contributed by atoms with van der Waals surface area (Å²) in [5, 5.41) is 3.61. The van der Waals surface area contributed by atoms with Crippen molar-refractivity contribution in [3.8, 4) is 0 Å². The van der Waals surface area contributed by atoms with Crippen LogP contribution in [-0.4, -0.2) is 26.3 Å². The molecular formula is C12H25NO. The predicted molar refractivity (Wildman–Crippen MR) is 60.5 cm³/mol. The summed E-state index contributed by atoms with van der Waals surface area (Å²) in [5.74, 6) is 0.902. The fraction of sp³-hybridized carbons (Fsp3) is 1.00. The SMILES string of the molecule is CCNC(CCOC)C1CCCCC1. The molecule has 0 heterocycles. The molecule has 84 valence electrons. The van der Waals surface area contributed by atoms with E-state index in [0.29, 0.717) is 6.04 Å². The van der Waals surface area contributed by atoms with Crippen molar-refractivity contribution in [1.82, 2.24) is 5.32 Å². The molecule has 0 spiro atoms. The smallest absolute Gasteiger partial charge is 0.0477 e. The standard InChI is InChI=1S/C12H25NO/c1-3-13-12(9-10-14-2)11-7-5-4-6-8-11/h11-13H,3-10H2,1-2H3. The molecule has 1 rings (SSSR count). The van der Waals surface area contributed by atoms with E-state index < -0.39 is 0 Å². The van der Waals surface area contributed by atoms with Crippen molar-refractivity contribution >= 4 is 0 Å². The van der Waals surface area contributed by atoms with Crippen molar-refractivity contribution in [1.29, 1.82) is 0 Å². The van der Waals surface area contributed by atoms with Crippen LogP contribution in [-0.2, 0) is 4.74 Å². The maximum absolute atomic E-state index is 5.17. The van der Waals surface area contributed by atoms with Crippen molar-refractivity contribution in [2.75, 3.05) is 20.3 Å². The van der Waals surface area contributed by atoms with Crippen molar-refractivity contribution in [2.45, 2.75) is 51.5 Å². The van der Waals surface area contributed by atoms with Crippen LogP contribution in [0.15, 0.2) is 0 Å². The van der Waals surface area contributed by atoms with Crippen LogP contribution in [0.3, 0.4) is 0 Å². The molecule has 2 heteroatoms. The van der Waals surface area contributed by atoms with Gasteiger partial charge in [-0.2, -0.15) is 0 Å². The van der Waals surface area contributed by atoms with Crippen LogP contribution in [0.1, 0.15) is 45.4 Å². The van der Waals surface area contributed by atoms with Gasteiger partial charge in [0.1, 0.15) is 0 Å². The van der Waals surface area contributed by atoms with E-state index in [9.17, 15) is 0 Å². The molecule has 0 radical (unpaired) electrons. The number of hydrogen-bond acceptors (Lipinski definition) is 2. The maximum atomic E-state index is 5.17. The summed E-state index contributed by atoms with van der Waals surface area (Å²) in [6, 6.07) is 0.695. The molecule has 0 amide bonds. The highest BCUT2D eigenvalue weighted by Gasteiger charge is 2.22. The Morgan fingerprint density at radius 1 is 1.29 bits per heavy atom. The second kappa shape index (κ2) is 7.24. The van der Waals surface area contributed by atoms with Gasteiger partial charge in [0.25, 0.3) is 0 Å². The van der Waals surface area contributed by atoms with Crippen molar-refractivity contribution in [3.05, 3.63) is 0 Å². The van der Waals surface area contributed by atoms with Crippen molar-refractivity contribution in [3.63, 3.8) is 0 Å². The topological polar surface area (TPSA) is 21.3 Å². The Labute approximate surface area is 88.4 Å². The van der Waals surface area contributed by atoms with Gasteiger partial charge in [-0.05, 0) is 31.7 Å². The second-order valence-electron chi connectivity index (χ2n) is 4.34. The number of methoxy groups -OCH3 is 1. The number of nitrogens with one attached hydrogen (secondary N) is 1. The Kier molecular flexibility index (Phi) is 6.20. The van der Waals surface area contributed by atoms with Crippen LogP contribution in [0, 0.1) is 5.92 Å². The minimum absolute atomic E-state index is 0.695. The van der Waals surface area contributed by atoms with E-state index in [2.05, 4.69) is 12.2 Å². The summed E-state index contributed by atoms with van der Waals surface area (Å²) in [5.41, 5.74) is 0. The molecule has 0 aromatic heterocycles. The fourth-order valence-corrected chi connectivity index (χ4v) is 2.55. The van der Waals surface area contributed by atoms with E-state index in [1.807, 2.05) is 0 Å². The van der Waals surface area contributed by atoms with E-state index in [-0.39, 0.29) is 0 Å². The quantitative estimate of drug-likeness (QED) is 0.710. The minimum atomic E-state index is 0.695. The fourth-order valence-electron chi connectivity index (χ4n) is 2.55. The van der Waals surface area contributed by atoms with Gasteiger partial charge in [-0.3, -0.25) is 0 Å². The highest BCUT2D eigenvalue weighted by molar-refractivity contribution is 4.78. The molecule has 1 atom stereocenters. The van der Waals surface area contributed by atoms with Gasteiger partial charge >= 0.3 is 0 Å². The van der Waals surface area contributed by atoms with E-state index in [4.69, 9.17) is 4.74 Å². The molecule has 1 saturated carbocycles. The summed E-state index contributed by atoms with van der Waals surface area (Å²) < 4.78 is 5.17. The molecule has 1 fully saturated rings. The van der Waals surface area contributed by atoms with Gasteiger partial charge in [0.05, 0.1) is 0 Å². The maximum Gasteiger partial charge on any atom is 0.0477 e. The zero-order valence-corrected chi connectivity index (χ0v) is 9.72.